The van der Waals surface area contributed by atoms with Gasteiger partial charge in [-0.25, -0.2) is 0 Å². The summed E-state index contributed by atoms with van der Waals surface area (Å²) >= 11 is 0. The summed E-state index contributed by atoms with van der Waals surface area (Å²) in [5.74, 6) is 0. The summed E-state index contributed by atoms with van der Waals surface area (Å²) in [4.78, 5) is 0. The summed E-state index contributed by atoms with van der Waals surface area (Å²) in [5.41, 5.74) is 0. The van der Waals surface area contributed by atoms with Crippen molar-refractivity contribution in [2.24, 2.45) is 0 Å². The highest BCUT2D eigenvalue weighted by molar-refractivity contribution is 6.30. The quantitative estimate of drug-likeness (QED) is 0.547. The lowest BCUT2D eigenvalue weighted by molar-refractivity contribution is 0.884. The van der Waals surface area contributed by atoms with Crippen LogP contribution in [0, 0.1) is 0 Å². The molecule has 2 heterocycles. The van der Waals surface area contributed by atoms with Crippen LogP contribution in [0.1, 0.15) is 0 Å². The van der Waals surface area contributed by atoms with Gasteiger partial charge in [-0.1, -0.05) is 0 Å². The van der Waals surface area contributed by atoms with Crippen LogP contribution >= 0.6 is 0 Å². The Morgan fingerprint density at radius 1 is 0.909 bits per heavy atom. The second-order valence-corrected chi connectivity index (χ2v) is 2.23. The Balaban J connectivity index is 2.14. The summed E-state index contributed by atoms with van der Waals surface area (Å²) in [6, 6.07) is 3.78. The lowest BCUT2D eigenvalue weighted by Crippen LogP contribution is -2.17. The maximum absolute atomic E-state index is 4.05. The van der Waals surface area contributed by atoms with Gasteiger partial charge in [0, 0.05) is 24.8 Å². The Kier molecular flexibility index (Phi) is 1.48. The highest BCUT2D eigenvalue weighted by Gasteiger charge is 1.95. The van der Waals surface area contributed by atoms with Gasteiger partial charge >= 0.3 is 7.55 Å². The van der Waals surface area contributed by atoms with Crippen LogP contribution in [0.25, 0.3) is 0 Å². The molecule has 11 heavy (non-hydrogen) atoms. The summed E-state index contributed by atoms with van der Waals surface area (Å²) in [6.45, 7) is 0. The normalized spacial score (nSPS) is 9.82. The van der Waals surface area contributed by atoms with Gasteiger partial charge in [0.2, 0.25) is 0 Å². The van der Waals surface area contributed by atoms with E-state index in [0.717, 1.165) is 0 Å². The monoisotopic (exact) mass is 146 g/mol. The van der Waals surface area contributed by atoms with Gasteiger partial charge in [0.15, 0.2) is 0 Å². The number of hydrogen-bond donors (Lipinski definition) is 0. The molecule has 2 aromatic heterocycles. The SMILES string of the molecule is B(n1cccn1)n1cccn1. The van der Waals surface area contributed by atoms with E-state index in [2.05, 4.69) is 10.2 Å². The summed E-state index contributed by atoms with van der Waals surface area (Å²) in [6.07, 6.45) is 7.32. The van der Waals surface area contributed by atoms with Crippen molar-refractivity contribution in [1.29, 1.82) is 0 Å². The maximum atomic E-state index is 4.05. The minimum absolute atomic E-state index is 0.681. The molecule has 4 nitrogen and oxygen atoms in total. The van der Waals surface area contributed by atoms with Crippen LogP contribution in [0.15, 0.2) is 36.9 Å². The second kappa shape index (κ2) is 2.61. The lowest BCUT2D eigenvalue weighted by Gasteiger charge is -1.96. The molecule has 0 amide bonds. The molecule has 0 aromatic carbocycles. The molecule has 0 atom stereocenters. The Labute approximate surface area is 64.7 Å². The van der Waals surface area contributed by atoms with Crippen LogP contribution < -0.4 is 0 Å². The molecule has 0 spiro atoms. The van der Waals surface area contributed by atoms with Crippen LogP contribution in [-0.4, -0.2) is 26.9 Å². The first-order valence-corrected chi connectivity index (χ1v) is 3.40. The fourth-order valence-corrected chi connectivity index (χ4v) is 0.917. The molecule has 0 bridgehead atoms. The number of hydrogen-bond acceptors (Lipinski definition) is 2. The third-order valence-electron chi connectivity index (χ3n) is 1.41. The van der Waals surface area contributed by atoms with Crippen molar-refractivity contribution >= 4 is 7.55 Å². The van der Waals surface area contributed by atoms with E-state index in [1.165, 1.54) is 0 Å². The lowest BCUT2D eigenvalue weighted by atomic mass is 10.2. The average molecular weight is 146 g/mol. The second-order valence-electron chi connectivity index (χ2n) is 2.23. The highest BCUT2D eigenvalue weighted by Crippen LogP contribution is 1.83. The number of aromatic nitrogens is 4. The summed E-state index contributed by atoms with van der Waals surface area (Å²) in [5, 5.41) is 8.09. The van der Waals surface area contributed by atoms with Crippen molar-refractivity contribution in [3.63, 3.8) is 0 Å². The third kappa shape index (κ3) is 1.31. The van der Waals surface area contributed by atoms with Crippen LogP contribution in [0.5, 0.6) is 0 Å². The molecule has 0 saturated carbocycles. The van der Waals surface area contributed by atoms with E-state index in [-0.39, 0.29) is 0 Å². The predicted octanol–water partition coefficient (Wildman–Crippen LogP) is -0.258. The smallest absolute Gasteiger partial charge is 0.294 e. The Morgan fingerprint density at radius 2 is 1.45 bits per heavy atom. The Hall–Kier alpha value is -1.52. The first-order valence-electron chi connectivity index (χ1n) is 3.40. The van der Waals surface area contributed by atoms with Crippen molar-refractivity contribution in [2.45, 2.75) is 0 Å². The maximum Gasteiger partial charge on any atom is 0.401 e. The van der Waals surface area contributed by atoms with Gasteiger partial charge in [-0.05, 0) is 12.1 Å². The van der Waals surface area contributed by atoms with Crippen LogP contribution in [0.2, 0.25) is 0 Å². The van der Waals surface area contributed by atoms with Crippen molar-refractivity contribution in [3.05, 3.63) is 36.9 Å². The minimum atomic E-state index is 0.681. The Morgan fingerprint density at radius 3 is 1.82 bits per heavy atom. The van der Waals surface area contributed by atoms with Crippen molar-refractivity contribution < 1.29 is 0 Å². The van der Waals surface area contributed by atoms with E-state index in [4.69, 9.17) is 0 Å². The van der Waals surface area contributed by atoms with Crippen LogP contribution in [0.4, 0.5) is 0 Å². The molecule has 2 aromatic rings. The largest absolute Gasteiger partial charge is 0.401 e. The van der Waals surface area contributed by atoms with Gasteiger partial charge in [-0.15, -0.1) is 0 Å². The third-order valence-corrected chi connectivity index (χ3v) is 1.41. The van der Waals surface area contributed by atoms with Gasteiger partial charge in [0.25, 0.3) is 0 Å². The molecule has 2 rings (SSSR count). The van der Waals surface area contributed by atoms with Crippen molar-refractivity contribution in [1.82, 2.24) is 19.4 Å². The van der Waals surface area contributed by atoms with Gasteiger partial charge < -0.3 is 0 Å². The number of rotatable bonds is 2. The molecule has 0 fully saturated rings. The molecular formula is C6H7BN4. The van der Waals surface area contributed by atoms with E-state index < -0.39 is 0 Å². The predicted molar refractivity (Wildman–Crippen MR) is 42.4 cm³/mol. The van der Waals surface area contributed by atoms with Crippen molar-refractivity contribution in [2.75, 3.05) is 0 Å². The molecule has 0 aliphatic rings. The molecule has 0 radical (unpaired) electrons. The Bertz CT molecular complexity index is 267. The van der Waals surface area contributed by atoms with E-state index in [1.54, 1.807) is 12.4 Å². The van der Waals surface area contributed by atoms with Gasteiger partial charge in [-0.3, -0.25) is 9.19 Å². The standard InChI is InChI=1S/C6H7BN4/c1-3-8-10(5-1)7-11-6-2-4-9-11/h1-7H. The van der Waals surface area contributed by atoms with Gasteiger partial charge in [0.05, 0.1) is 0 Å². The zero-order valence-corrected chi connectivity index (χ0v) is 5.96. The first kappa shape index (κ1) is 6.21. The summed E-state index contributed by atoms with van der Waals surface area (Å²) in [7, 11) is 0.681. The fourth-order valence-electron chi connectivity index (χ4n) is 0.917. The zero-order valence-electron chi connectivity index (χ0n) is 5.96. The molecule has 0 N–H and O–H groups in total. The fraction of sp³-hybridized carbons (Fsp3) is 0. The zero-order chi connectivity index (χ0) is 7.52. The van der Waals surface area contributed by atoms with Crippen LogP contribution in [0.3, 0.4) is 0 Å². The number of nitrogens with zero attached hydrogens (tertiary/aromatic N) is 4. The molecule has 54 valence electrons. The van der Waals surface area contributed by atoms with Gasteiger partial charge in [-0.2, -0.15) is 10.2 Å². The van der Waals surface area contributed by atoms with E-state index in [9.17, 15) is 0 Å². The highest BCUT2D eigenvalue weighted by atomic mass is 15.3. The van der Waals surface area contributed by atoms with Gasteiger partial charge in [0.1, 0.15) is 0 Å². The molecule has 0 unspecified atom stereocenters. The average Bonchev–Trinajstić information content (AvgIpc) is 2.60. The molecular weight excluding hydrogens is 139 g/mol. The molecule has 0 aliphatic carbocycles. The van der Waals surface area contributed by atoms with E-state index in [1.807, 2.05) is 33.7 Å². The first-order chi connectivity index (χ1) is 5.45. The van der Waals surface area contributed by atoms with E-state index >= 15 is 0 Å². The van der Waals surface area contributed by atoms with Crippen LogP contribution in [-0.2, 0) is 0 Å². The topological polar surface area (TPSA) is 35.6 Å². The van der Waals surface area contributed by atoms with Crippen molar-refractivity contribution in [3.8, 4) is 0 Å². The molecule has 0 saturated heterocycles. The molecule has 0 aliphatic heterocycles. The minimum Gasteiger partial charge on any atom is -0.294 e. The summed E-state index contributed by atoms with van der Waals surface area (Å²) < 4.78 is 3.62. The molecule has 5 heteroatoms. The van der Waals surface area contributed by atoms with E-state index in [0.29, 0.717) is 7.55 Å².